The molecule has 0 unspecified atom stereocenters. The van der Waals surface area contributed by atoms with Crippen molar-refractivity contribution in [2.75, 3.05) is 0 Å². The van der Waals surface area contributed by atoms with Gasteiger partial charge in [-0.15, -0.1) is 0 Å². The van der Waals surface area contributed by atoms with Crippen LogP contribution in [0.5, 0.6) is 5.75 Å². The number of alkyl halides is 3. The van der Waals surface area contributed by atoms with E-state index in [1.807, 2.05) is 0 Å². The number of carbonyl (C=O) groups is 1. The fourth-order valence-corrected chi connectivity index (χ4v) is 1.22. The van der Waals surface area contributed by atoms with Crippen LogP contribution in [0.15, 0.2) is 36.4 Å². The largest absolute Gasteiger partial charge is 0.432 e. The molecule has 0 fully saturated rings. The number of benzene rings is 1. The van der Waals surface area contributed by atoms with Crippen molar-refractivity contribution in [3.05, 3.63) is 47.8 Å². The molecule has 1 heterocycles. The molecule has 7 heteroatoms. The highest BCUT2D eigenvalue weighted by atomic mass is 19.4. The SMILES string of the molecule is O=C(Oc1ccccc1)c1cc(C(F)(F)F)[nH]n1. The number of hydrogen-bond donors (Lipinski definition) is 1. The molecule has 0 aliphatic rings. The first-order chi connectivity index (χ1) is 8.47. The molecule has 0 aliphatic carbocycles. The summed E-state index contributed by atoms with van der Waals surface area (Å²) in [7, 11) is 0. The van der Waals surface area contributed by atoms with Crippen molar-refractivity contribution in [3.63, 3.8) is 0 Å². The minimum Gasteiger partial charge on any atom is -0.422 e. The number of ether oxygens (including phenoxy) is 1. The van der Waals surface area contributed by atoms with Crippen LogP contribution in [0, 0.1) is 0 Å². The minimum atomic E-state index is -4.57. The molecule has 2 rings (SSSR count). The number of para-hydroxylation sites is 1. The molecular formula is C11H7F3N2O2. The summed E-state index contributed by atoms with van der Waals surface area (Å²) in [4.78, 5) is 11.5. The summed E-state index contributed by atoms with van der Waals surface area (Å²) in [5, 5.41) is 5.00. The molecule has 1 N–H and O–H groups in total. The van der Waals surface area contributed by atoms with Crippen LogP contribution in [0.4, 0.5) is 13.2 Å². The molecule has 0 atom stereocenters. The molecular weight excluding hydrogens is 249 g/mol. The Balaban J connectivity index is 2.13. The number of hydrogen-bond acceptors (Lipinski definition) is 3. The maximum absolute atomic E-state index is 12.3. The van der Waals surface area contributed by atoms with Gasteiger partial charge in [-0.05, 0) is 12.1 Å². The van der Waals surface area contributed by atoms with Gasteiger partial charge in [0.15, 0.2) is 5.69 Å². The average Bonchev–Trinajstić information content (AvgIpc) is 2.79. The number of carbonyl (C=O) groups excluding carboxylic acids is 1. The van der Waals surface area contributed by atoms with E-state index in [1.165, 1.54) is 12.1 Å². The number of aromatic amines is 1. The molecule has 1 aromatic heterocycles. The van der Waals surface area contributed by atoms with E-state index in [4.69, 9.17) is 4.74 Å². The van der Waals surface area contributed by atoms with E-state index in [0.29, 0.717) is 6.07 Å². The Morgan fingerprint density at radius 2 is 1.89 bits per heavy atom. The summed E-state index contributed by atoms with van der Waals surface area (Å²) in [6, 6.07) is 8.60. The zero-order chi connectivity index (χ0) is 13.2. The summed E-state index contributed by atoms with van der Waals surface area (Å²) in [5.74, 6) is -0.716. The van der Waals surface area contributed by atoms with Crippen LogP contribution < -0.4 is 4.74 Å². The lowest BCUT2D eigenvalue weighted by atomic mass is 10.3. The molecule has 0 saturated carbocycles. The highest BCUT2D eigenvalue weighted by molar-refractivity contribution is 5.89. The van der Waals surface area contributed by atoms with E-state index < -0.39 is 23.5 Å². The van der Waals surface area contributed by atoms with Crippen molar-refractivity contribution in [3.8, 4) is 5.75 Å². The van der Waals surface area contributed by atoms with Gasteiger partial charge in [-0.25, -0.2) is 4.79 Å². The standard InChI is InChI=1S/C11H7F3N2O2/c12-11(13,14)9-6-8(15-16-9)10(17)18-7-4-2-1-3-5-7/h1-6H,(H,15,16). The highest BCUT2D eigenvalue weighted by Gasteiger charge is 2.34. The van der Waals surface area contributed by atoms with Gasteiger partial charge in [0.05, 0.1) is 0 Å². The summed E-state index contributed by atoms with van der Waals surface area (Å²) in [6.07, 6.45) is -4.57. The van der Waals surface area contributed by atoms with Gasteiger partial charge in [0, 0.05) is 6.07 Å². The molecule has 0 spiro atoms. The Morgan fingerprint density at radius 3 is 2.44 bits per heavy atom. The predicted octanol–water partition coefficient (Wildman–Crippen LogP) is 2.65. The Kier molecular flexibility index (Phi) is 3.05. The molecule has 18 heavy (non-hydrogen) atoms. The Hall–Kier alpha value is -2.31. The van der Waals surface area contributed by atoms with E-state index in [9.17, 15) is 18.0 Å². The van der Waals surface area contributed by atoms with Gasteiger partial charge >= 0.3 is 12.1 Å². The molecule has 0 saturated heterocycles. The first-order valence-corrected chi connectivity index (χ1v) is 4.86. The maximum atomic E-state index is 12.3. The predicted molar refractivity (Wildman–Crippen MR) is 55.0 cm³/mol. The Morgan fingerprint density at radius 1 is 1.22 bits per heavy atom. The van der Waals surface area contributed by atoms with Crippen molar-refractivity contribution in [2.24, 2.45) is 0 Å². The number of esters is 1. The van der Waals surface area contributed by atoms with Crippen molar-refractivity contribution in [2.45, 2.75) is 6.18 Å². The van der Waals surface area contributed by atoms with Gasteiger partial charge in [-0.2, -0.15) is 18.3 Å². The second kappa shape index (κ2) is 4.52. The number of halogens is 3. The van der Waals surface area contributed by atoms with Crippen LogP contribution in [0.1, 0.15) is 16.2 Å². The zero-order valence-electron chi connectivity index (χ0n) is 8.86. The van der Waals surface area contributed by atoms with Crippen molar-refractivity contribution in [1.29, 1.82) is 0 Å². The number of rotatable bonds is 2. The maximum Gasteiger partial charge on any atom is 0.432 e. The van der Waals surface area contributed by atoms with Crippen molar-refractivity contribution >= 4 is 5.97 Å². The number of aromatic nitrogens is 2. The Bertz CT molecular complexity index is 549. The van der Waals surface area contributed by atoms with Gasteiger partial charge in [0.1, 0.15) is 11.4 Å². The van der Waals surface area contributed by atoms with E-state index in [1.54, 1.807) is 23.3 Å². The molecule has 94 valence electrons. The fourth-order valence-electron chi connectivity index (χ4n) is 1.22. The normalized spacial score (nSPS) is 11.3. The molecule has 0 aliphatic heterocycles. The summed E-state index contributed by atoms with van der Waals surface area (Å²) < 4.78 is 41.6. The monoisotopic (exact) mass is 256 g/mol. The second-order valence-corrected chi connectivity index (χ2v) is 3.37. The molecule has 0 amide bonds. The van der Waals surface area contributed by atoms with Crippen LogP contribution in [0.25, 0.3) is 0 Å². The van der Waals surface area contributed by atoms with Gasteiger partial charge in [-0.1, -0.05) is 18.2 Å². The topological polar surface area (TPSA) is 55.0 Å². The summed E-state index contributed by atoms with van der Waals surface area (Å²) in [6.45, 7) is 0. The molecule has 0 radical (unpaired) electrons. The highest BCUT2D eigenvalue weighted by Crippen LogP contribution is 2.27. The van der Waals surface area contributed by atoms with Gasteiger partial charge in [0.25, 0.3) is 0 Å². The molecule has 4 nitrogen and oxygen atoms in total. The minimum absolute atomic E-state index is 0.235. The molecule has 0 bridgehead atoms. The third-order valence-electron chi connectivity index (χ3n) is 2.05. The van der Waals surface area contributed by atoms with Crippen molar-refractivity contribution < 1.29 is 22.7 Å². The lowest BCUT2D eigenvalue weighted by Crippen LogP contribution is -2.09. The third kappa shape index (κ3) is 2.68. The van der Waals surface area contributed by atoms with Crippen LogP contribution >= 0.6 is 0 Å². The number of H-pyrrole nitrogens is 1. The third-order valence-corrected chi connectivity index (χ3v) is 2.05. The van der Waals surface area contributed by atoms with E-state index in [-0.39, 0.29) is 5.75 Å². The van der Waals surface area contributed by atoms with E-state index in [0.717, 1.165) is 0 Å². The van der Waals surface area contributed by atoms with Crippen LogP contribution in [-0.4, -0.2) is 16.2 Å². The quantitative estimate of drug-likeness (QED) is 0.663. The van der Waals surface area contributed by atoms with Gasteiger partial charge < -0.3 is 4.74 Å². The lowest BCUT2D eigenvalue weighted by Gasteiger charge is -2.01. The summed E-state index contributed by atoms with van der Waals surface area (Å²) >= 11 is 0. The van der Waals surface area contributed by atoms with Crippen LogP contribution in [0.2, 0.25) is 0 Å². The smallest absolute Gasteiger partial charge is 0.422 e. The van der Waals surface area contributed by atoms with Gasteiger partial charge in [-0.3, -0.25) is 5.10 Å². The van der Waals surface area contributed by atoms with Gasteiger partial charge in [0.2, 0.25) is 0 Å². The van der Waals surface area contributed by atoms with E-state index in [2.05, 4.69) is 5.10 Å². The average molecular weight is 256 g/mol. The first-order valence-electron chi connectivity index (χ1n) is 4.86. The Labute approximate surface area is 99.4 Å². The summed E-state index contributed by atoms with van der Waals surface area (Å²) in [5.41, 5.74) is -1.52. The first kappa shape index (κ1) is 12.2. The number of nitrogens with zero attached hydrogens (tertiary/aromatic N) is 1. The lowest BCUT2D eigenvalue weighted by molar-refractivity contribution is -0.141. The van der Waals surface area contributed by atoms with Crippen molar-refractivity contribution in [1.82, 2.24) is 10.2 Å². The van der Waals surface area contributed by atoms with Crippen LogP contribution in [0.3, 0.4) is 0 Å². The molecule has 2 aromatic rings. The van der Waals surface area contributed by atoms with Crippen LogP contribution in [-0.2, 0) is 6.18 Å². The zero-order valence-corrected chi connectivity index (χ0v) is 8.86. The molecule has 1 aromatic carbocycles. The number of nitrogens with one attached hydrogen (secondary N) is 1. The fraction of sp³-hybridized carbons (Fsp3) is 0.0909. The van der Waals surface area contributed by atoms with E-state index >= 15 is 0 Å². The second-order valence-electron chi connectivity index (χ2n) is 3.37.